The van der Waals surface area contributed by atoms with E-state index in [4.69, 9.17) is 11.6 Å². The average Bonchev–Trinajstić information content (AvgIpc) is 2.89. The van der Waals surface area contributed by atoms with E-state index < -0.39 is 10.8 Å². The largest absolute Gasteiger partial charge is 0.298 e. The van der Waals surface area contributed by atoms with Gasteiger partial charge in [0, 0.05) is 17.0 Å². The van der Waals surface area contributed by atoms with Crippen molar-refractivity contribution in [3.8, 4) is 0 Å². The number of thiazole rings is 1. The predicted octanol–water partition coefficient (Wildman–Crippen LogP) is 3.84. The van der Waals surface area contributed by atoms with Crippen LogP contribution >= 0.6 is 22.9 Å². The molecule has 1 N–H and O–H groups in total. The van der Waals surface area contributed by atoms with Gasteiger partial charge >= 0.3 is 0 Å². The number of hydrogen-bond donors (Lipinski definition) is 1. The molecule has 0 aliphatic heterocycles. The number of nitrogens with zero attached hydrogens (tertiary/aromatic N) is 2. The second-order valence-corrected chi connectivity index (χ2v) is 6.46. The Hall–Kier alpha value is -1.99. The zero-order valence-corrected chi connectivity index (χ0v) is 13.0. The maximum absolute atomic E-state index is 12.3. The van der Waals surface area contributed by atoms with Gasteiger partial charge in [-0.25, -0.2) is 4.98 Å². The van der Waals surface area contributed by atoms with E-state index in [1.165, 1.54) is 34.4 Å². The summed E-state index contributed by atoms with van der Waals surface area (Å²) >= 11 is 7.42. The van der Waals surface area contributed by atoms with Gasteiger partial charge in [-0.2, -0.15) is 0 Å². The molecule has 0 saturated heterocycles. The van der Waals surface area contributed by atoms with Gasteiger partial charge in [0.1, 0.15) is 0 Å². The van der Waals surface area contributed by atoms with Gasteiger partial charge < -0.3 is 0 Å². The molecule has 2 aromatic rings. The van der Waals surface area contributed by atoms with Gasteiger partial charge in [0.25, 0.3) is 11.6 Å². The van der Waals surface area contributed by atoms with Crippen LogP contribution in [0.1, 0.15) is 33.8 Å². The van der Waals surface area contributed by atoms with Crippen LogP contribution in [0.5, 0.6) is 0 Å². The summed E-state index contributed by atoms with van der Waals surface area (Å²) in [5, 5.41) is 14.2. The summed E-state index contributed by atoms with van der Waals surface area (Å²) in [6, 6.07) is 3.79. The van der Waals surface area contributed by atoms with Crippen molar-refractivity contribution >= 4 is 39.7 Å². The van der Waals surface area contributed by atoms with Gasteiger partial charge in [0.05, 0.1) is 21.2 Å². The number of rotatable bonds is 3. The van der Waals surface area contributed by atoms with Gasteiger partial charge in [-0.15, -0.1) is 11.3 Å². The van der Waals surface area contributed by atoms with Crippen molar-refractivity contribution in [2.75, 3.05) is 5.32 Å². The minimum absolute atomic E-state index is 0.0732. The third-order valence-electron chi connectivity index (χ3n) is 3.47. The molecule has 1 aliphatic rings. The molecule has 8 heteroatoms. The van der Waals surface area contributed by atoms with Crippen LogP contribution in [0.2, 0.25) is 5.02 Å². The van der Waals surface area contributed by atoms with Gasteiger partial charge in [-0.1, -0.05) is 11.6 Å². The molecule has 0 bridgehead atoms. The minimum atomic E-state index is -0.560. The number of aryl methyl sites for hydroxylation is 2. The molecular formula is C14H12ClN3O3S. The normalized spacial score (nSPS) is 13.5. The lowest BCUT2D eigenvalue weighted by Gasteiger charge is -2.06. The Morgan fingerprint density at radius 1 is 1.36 bits per heavy atom. The number of fused-ring (bicyclic) bond motifs is 1. The van der Waals surface area contributed by atoms with E-state index in [1.807, 2.05) is 0 Å². The molecule has 0 radical (unpaired) electrons. The third kappa shape index (κ3) is 2.95. The zero-order valence-electron chi connectivity index (χ0n) is 11.5. The Morgan fingerprint density at radius 2 is 2.14 bits per heavy atom. The quantitative estimate of drug-likeness (QED) is 0.681. The van der Waals surface area contributed by atoms with Crippen molar-refractivity contribution in [1.29, 1.82) is 0 Å². The van der Waals surface area contributed by atoms with Crippen LogP contribution in [0, 0.1) is 10.1 Å². The first-order valence-electron chi connectivity index (χ1n) is 6.78. The number of carbonyl (C=O) groups is 1. The van der Waals surface area contributed by atoms with Crippen molar-refractivity contribution < 1.29 is 9.72 Å². The first kappa shape index (κ1) is 14.9. The molecule has 22 heavy (non-hydrogen) atoms. The second kappa shape index (κ2) is 6.02. The molecule has 6 nitrogen and oxygen atoms in total. The SMILES string of the molecule is O=C(Nc1nc2c(s1)CCCC2)c1cc([N+](=O)[O-])ccc1Cl. The van der Waals surface area contributed by atoms with Crippen molar-refractivity contribution in [2.45, 2.75) is 25.7 Å². The average molecular weight is 338 g/mol. The summed E-state index contributed by atoms with van der Waals surface area (Å²) in [5.74, 6) is -0.486. The van der Waals surface area contributed by atoms with Crippen molar-refractivity contribution in [2.24, 2.45) is 0 Å². The Bertz CT molecular complexity index is 736. The molecular weight excluding hydrogens is 326 g/mol. The van der Waals surface area contributed by atoms with Crippen molar-refractivity contribution in [1.82, 2.24) is 4.98 Å². The zero-order chi connectivity index (χ0) is 15.7. The molecule has 1 aromatic carbocycles. The smallest absolute Gasteiger partial charge is 0.270 e. The molecule has 1 aliphatic carbocycles. The van der Waals surface area contributed by atoms with E-state index in [2.05, 4.69) is 10.3 Å². The van der Waals surface area contributed by atoms with Crippen LogP contribution in [-0.2, 0) is 12.8 Å². The summed E-state index contributed by atoms with van der Waals surface area (Å²) < 4.78 is 0. The number of halogens is 1. The van der Waals surface area contributed by atoms with Crippen molar-refractivity contribution in [3.05, 3.63) is 49.5 Å². The maximum atomic E-state index is 12.3. The molecule has 0 atom stereocenters. The fourth-order valence-corrected chi connectivity index (χ4v) is 3.62. The second-order valence-electron chi connectivity index (χ2n) is 4.97. The molecule has 0 unspecified atom stereocenters. The maximum Gasteiger partial charge on any atom is 0.270 e. The van der Waals surface area contributed by atoms with E-state index in [-0.39, 0.29) is 16.3 Å². The number of carbonyl (C=O) groups excluding carboxylic acids is 1. The molecule has 114 valence electrons. The molecule has 0 spiro atoms. The molecule has 0 saturated carbocycles. The number of nitro groups is 1. The lowest BCUT2D eigenvalue weighted by molar-refractivity contribution is -0.384. The Morgan fingerprint density at radius 3 is 2.86 bits per heavy atom. The number of hydrogen-bond acceptors (Lipinski definition) is 5. The lowest BCUT2D eigenvalue weighted by atomic mass is 10.0. The molecule has 1 amide bonds. The van der Waals surface area contributed by atoms with Gasteiger partial charge in [-0.3, -0.25) is 20.2 Å². The highest BCUT2D eigenvalue weighted by molar-refractivity contribution is 7.15. The first-order chi connectivity index (χ1) is 10.5. The summed E-state index contributed by atoms with van der Waals surface area (Å²) in [5.41, 5.74) is 0.939. The monoisotopic (exact) mass is 337 g/mol. The first-order valence-corrected chi connectivity index (χ1v) is 7.98. The van der Waals surface area contributed by atoms with Crippen LogP contribution in [0.3, 0.4) is 0 Å². The number of benzene rings is 1. The Labute approximate surface area is 135 Å². The Kier molecular flexibility index (Phi) is 4.08. The summed E-state index contributed by atoms with van der Waals surface area (Å²) in [7, 11) is 0. The topological polar surface area (TPSA) is 85.1 Å². The molecule has 1 aromatic heterocycles. The number of nitrogens with one attached hydrogen (secondary N) is 1. The van der Waals surface area contributed by atoms with Gasteiger partial charge in [0.2, 0.25) is 0 Å². The third-order valence-corrected chi connectivity index (χ3v) is 4.87. The van der Waals surface area contributed by atoms with Gasteiger partial charge in [-0.05, 0) is 31.7 Å². The van der Waals surface area contributed by atoms with Crippen LogP contribution in [0.4, 0.5) is 10.8 Å². The van der Waals surface area contributed by atoms with E-state index in [0.717, 1.165) is 31.4 Å². The number of anilines is 1. The number of amides is 1. The summed E-state index contributed by atoms with van der Waals surface area (Å²) in [4.78, 5) is 28.1. The number of aromatic nitrogens is 1. The minimum Gasteiger partial charge on any atom is -0.298 e. The van der Waals surface area contributed by atoms with E-state index in [0.29, 0.717) is 5.13 Å². The lowest BCUT2D eigenvalue weighted by Crippen LogP contribution is -2.12. The fraction of sp³-hybridized carbons (Fsp3) is 0.286. The van der Waals surface area contributed by atoms with E-state index in [9.17, 15) is 14.9 Å². The predicted molar refractivity (Wildman–Crippen MR) is 84.8 cm³/mol. The van der Waals surface area contributed by atoms with Crippen LogP contribution < -0.4 is 5.32 Å². The van der Waals surface area contributed by atoms with Crippen LogP contribution in [-0.4, -0.2) is 15.8 Å². The fourth-order valence-electron chi connectivity index (χ4n) is 2.37. The Balaban J connectivity index is 1.83. The van der Waals surface area contributed by atoms with E-state index >= 15 is 0 Å². The van der Waals surface area contributed by atoms with Crippen LogP contribution in [0.25, 0.3) is 0 Å². The summed E-state index contributed by atoms with van der Waals surface area (Å²) in [6.07, 6.45) is 4.17. The molecule has 0 fully saturated rings. The number of nitro benzene ring substituents is 1. The van der Waals surface area contributed by atoms with Gasteiger partial charge in [0.15, 0.2) is 5.13 Å². The standard InChI is InChI=1S/C14H12ClN3O3S/c15-10-6-5-8(18(20)21)7-9(10)13(19)17-14-16-11-3-1-2-4-12(11)22-14/h5-7H,1-4H2,(H,16,17,19). The van der Waals surface area contributed by atoms with Crippen LogP contribution in [0.15, 0.2) is 18.2 Å². The molecule has 1 heterocycles. The molecule has 3 rings (SSSR count). The highest BCUT2D eigenvalue weighted by Gasteiger charge is 2.19. The van der Waals surface area contributed by atoms with Crippen molar-refractivity contribution in [3.63, 3.8) is 0 Å². The highest BCUT2D eigenvalue weighted by atomic mass is 35.5. The van der Waals surface area contributed by atoms with E-state index in [1.54, 1.807) is 0 Å². The number of non-ortho nitro benzene ring substituents is 1. The summed E-state index contributed by atoms with van der Waals surface area (Å²) in [6.45, 7) is 0. The highest BCUT2D eigenvalue weighted by Crippen LogP contribution is 2.30.